The van der Waals surface area contributed by atoms with E-state index < -0.39 is 23.3 Å². The van der Waals surface area contributed by atoms with Crippen molar-refractivity contribution in [2.75, 3.05) is 13.2 Å². The first-order valence-corrected chi connectivity index (χ1v) is 5.82. The smallest absolute Gasteiger partial charge is 0.253 e. The summed E-state index contributed by atoms with van der Waals surface area (Å²) in [6, 6.07) is 0. The van der Waals surface area contributed by atoms with Gasteiger partial charge in [0.05, 0.1) is 6.61 Å². The summed E-state index contributed by atoms with van der Waals surface area (Å²) in [6.07, 6.45) is 6.32. The van der Waals surface area contributed by atoms with Crippen molar-refractivity contribution in [1.29, 1.82) is 0 Å². The van der Waals surface area contributed by atoms with E-state index in [4.69, 9.17) is 11.5 Å². The van der Waals surface area contributed by atoms with Crippen LogP contribution in [0.4, 0.5) is 0 Å². The lowest BCUT2D eigenvalue weighted by atomic mass is 9.87. The summed E-state index contributed by atoms with van der Waals surface area (Å²) in [4.78, 5) is 22.7. The van der Waals surface area contributed by atoms with Gasteiger partial charge in [0.25, 0.3) is 5.91 Å². The molecule has 0 aromatic rings. The first kappa shape index (κ1) is 17.2. The third-order valence-corrected chi connectivity index (χ3v) is 2.42. The van der Waals surface area contributed by atoms with E-state index in [0.29, 0.717) is 13.0 Å². The van der Waals surface area contributed by atoms with Crippen molar-refractivity contribution >= 4 is 11.8 Å². The second-order valence-corrected chi connectivity index (χ2v) is 4.64. The molecule has 0 aromatic carbocycles. The minimum Gasteiger partial charge on any atom is -0.396 e. The van der Waals surface area contributed by atoms with Crippen LogP contribution in [0.15, 0.2) is 12.3 Å². The number of carbonyl (C=O) groups is 2. The van der Waals surface area contributed by atoms with E-state index in [1.807, 2.05) is 0 Å². The molecule has 0 fully saturated rings. The van der Waals surface area contributed by atoms with Gasteiger partial charge in [-0.25, -0.2) is 0 Å². The van der Waals surface area contributed by atoms with Gasteiger partial charge in [-0.3, -0.25) is 9.59 Å². The van der Waals surface area contributed by atoms with Crippen molar-refractivity contribution in [3.8, 4) is 12.3 Å². The number of amides is 2. The Kier molecular flexibility index (Phi) is 7.49. The van der Waals surface area contributed by atoms with Crippen LogP contribution in [0.25, 0.3) is 0 Å². The molecule has 6 heteroatoms. The summed E-state index contributed by atoms with van der Waals surface area (Å²) in [6.45, 7) is 3.12. The highest BCUT2D eigenvalue weighted by Crippen LogP contribution is 2.19. The van der Waals surface area contributed by atoms with E-state index in [1.165, 1.54) is 0 Å². The van der Waals surface area contributed by atoms with E-state index in [2.05, 4.69) is 16.6 Å². The first-order valence-electron chi connectivity index (χ1n) is 5.82. The van der Waals surface area contributed by atoms with E-state index in [1.54, 1.807) is 13.8 Å². The number of aliphatic hydroxyl groups excluding tert-OH is 2. The maximum absolute atomic E-state index is 11.5. The van der Waals surface area contributed by atoms with E-state index in [9.17, 15) is 14.7 Å². The lowest BCUT2D eigenvalue weighted by molar-refractivity contribution is -0.136. The molecule has 0 aliphatic rings. The normalized spacial score (nSPS) is 12.8. The summed E-state index contributed by atoms with van der Waals surface area (Å²) in [5.74, 6) is 1.29. The van der Waals surface area contributed by atoms with Crippen LogP contribution in [0.5, 0.6) is 0 Å². The van der Waals surface area contributed by atoms with E-state index in [0.717, 1.165) is 12.3 Å². The zero-order valence-corrected chi connectivity index (χ0v) is 11.1. The highest BCUT2D eigenvalue weighted by atomic mass is 16.3. The van der Waals surface area contributed by atoms with Crippen molar-refractivity contribution < 1.29 is 19.8 Å². The van der Waals surface area contributed by atoms with Gasteiger partial charge >= 0.3 is 0 Å². The molecule has 0 aromatic heterocycles. The van der Waals surface area contributed by atoms with Gasteiger partial charge in [-0.1, -0.05) is 13.8 Å². The van der Waals surface area contributed by atoms with E-state index in [-0.39, 0.29) is 6.61 Å². The van der Waals surface area contributed by atoms with Gasteiger partial charge in [0.2, 0.25) is 5.91 Å². The molecule has 0 radical (unpaired) electrons. The Balaban J connectivity index is 4.16. The number of aliphatic hydroxyl groups is 2. The summed E-state index contributed by atoms with van der Waals surface area (Å²) >= 11 is 0. The molecule has 0 heterocycles. The Morgan fingerprint density at radius 2 is 2.11 bits per heavy atom. The lowest BCUT2D eigenvalue weighted by Gasteiger charge is -2.26. The van der Waals surface area contributed by atoms with Gasteiger partial charge in [-0.05, 0) is 0 Å². The van der Waals surface area contributed by atoms with Gasteiger partial charge in [-0.15, -0.1) is 12.3 Å². The third-order valence-electron chi connectivity index (χ3n) is 2.42. The first-order chi connectivity index (χ1) is 8.85. The molecule has 1 unspecified atom stereocenters. The molecular weight excluding hydrogens is 248 g/mol. The monoisotopic (exact) mass is 268 g/mol. The standard InChI is InChI=1S/C13H20N2O4/c1-4-5-7-14-10(17)6-8-15-12(19)11(18)13(2,3)9-16/h1,6,8,11,16,18H,5,7,9H2,2-3H3,(H,14,17)(H,15,19). The number of terminal acetylenes is 1. The van der Waals surface area contributed by atoms with Crippen LogP contribution in [-0.4, -0.2) is 41.3 Å². The molecule has 0 aliphatic carbocycles. The van der Waals surface area contributed by atoms with E-state index >= 15 is 0 Å². The van der Waals surface area contributed by atoms with Crippen LogP contribution < -0.4 is 10.6 Å². The summed E-state index contributed by atoms with van der Waals surface area (Å²) in [7, 11) is 0. The van der Waals surface area contributed by atoms with Crippen molar-refractivity contribution in [2.24, 2.45) is 5.41 Å². The molecule has 1 atom stereocenters. The molecule has 0 saturated carbocycles. The average molecular weight is 268 g/mol. The SMILES string of the molecule is C#CCCNC(=O)C=CNC(=O)C(O)C(C)(C)CO. The predicted octanol–water partition coefficient (Wildman–Crippen LogP) is -0.865. The molecule has 0 bridgehead atoms. The summed E-state index contributed by atoms with van der Waals surface area (Å²) in [5, 5.41) is 23.4. The van der Waals surface area contributed by atoms with Gasteiger partial charge < -0.3 is 20.8 Å². The van der Waals surface area contributed by atoms with Crippen LogP contribution in [0.2, 0.25) is 0 Å². The van der Waals surface area contributed by atoms with Crippen molar-refractivity contribution in [2.45, 2.75) is 26.4 Å². The quantitative estimate of drug-likeness (QED) is 0.274. The van der Waals surface area contributed by atoms with Crippen molar-refractivity contribution in [3.63, 3.8) is 0 Å². The Bertz CT molecular complexity index is 383. The predicted molar refractivity (Wildman–Crippen MR) is 70.6 cm³/mol. The number of hydrogen-bond acceptors (Lipinski definition) is 4. The second kappa shape index (κ2) is 8.29. The minimum atomic E-state index is -1.37. The molecule has 2 amide bonds. The zero-order valence-electron chi connectivity index (χ0n) is 11.1. The summed E-state index contributed by atoms with van der Waals surface area (Å²) < 4.78 is 0. The van der Waals surface area contributed by atoms with Crippen LogP contribution in [0.3, 0.4) is 0 Å². The molecule has 0 aliphatic heterocycles. The van der Waals surface area contributed by atoms with Crippen LogP contribution in [-0.2, 0) is 9.59 Å². The Morgan fingerprint density at radius 3 is 2.63 bits per heavy atom. The van der Waals surface area contributed by atoms with Gasteiger partial charge in [0.15, 0.2) is 0 Å². The zero-order chi connectivity index (χ0) is 14.9. The van der Waals surface area contributed by atoms with Crippen LogP contribution in [0.1, 0.15) is 20.3 Å². The molecule has 106 valence electrons. The molecular formula is C13H20N2O4. The third kappa shape index (κ3) is 6.60. The molecule has 0 spiro atoms. The molecule has 19 heavy (non-hydrogen) atoms. The Morgan fingerprint density at radius 1 is 1.47 bits per heavy atom. The van der Waals surface area contributed by atoms with Crippen molar-refractivity contribution in [3.05, 3.63) is 12.3 Å². The summed E-state index contributed by atoms with van der Waals surface area (Å²) in [5.41, 5.74) is -0.951. The minimum absolute atomic E-state index is 0.335. The lowest BCUT2D eigenvalue weighted by Crippen LogP contribution is -2.44. The highest BCUT2D eigenvalue weighted by molar-refractivity contribution is 5.89. The maximum atomic E-state index is 11.5. The number of hydrogen-bond donors (Lipinski definition) is 4. The largest absolute Gasteiger partial charge is 0.396 e. The van der Waals surface area contributed by atoms with Gasteiger partial charge in [-0.2, -0.15) is 0 Å². The molecule has 4 N–H and O–H groups in total. The Hall–Kier alpha value is -1.84. The average Bonchev–Trinajstić information content (AvgIpc) is 2.38. The van der Waals surface area contributed by atoms with Gasteiger partial charge in [0, 0.05) is 30.7 Å². The molecule has 0 saturated heterocycles. The van der Waals surface area contributed by atoms with Crippen LogP contribution in [0, 0.1) is 17.8 Å². The number of rotatable bonds is 7. The van der Waals surface area contributed by atoms with Gasteiger partial charge in [0.1, 0.15) is 6.10 Å². The number of nitrogens with one attached hydrogen (secondary N) is 2. The van der Waals surface area contributed by atoms with Crippen molar-refractivity contribution in [1.82, 2.24) is 10.6 Å². The van der Waals surface area contributed by atoms with Crippen LogP contribution >= 0.6 is 0 Å². The fourth-order valence-electron chi connectivity index (χ4n) is 1.04. The number of carbonyl (C=O) groups excluding carboxylic acids is 2. The molecule has 6 nitrogen and oxygen atoms in total. The fourth-order valence-corrected chi connectivity index (χ4v) is 1.04. The topological polar surface area (TPSA) is 98.7 Å². The fraction of sp³-hybridized carbons (Fsp3) is 0.538. The second-order valence-electron chi connectivity index (χ2n) is 4.64. The highest BCUT2D eigenvalue weighted by Gasteiger charge is 2.32. The maximum Gasteiger partial charge on any atom is 0.253 e. The Labute approximate surface area is 112 Å². The molecule has 0 rings (SSSR count).